The number of thiazole rings is 1. The maximum Gasteiger partial charge on any atom is 0.210 e. The highest BCUT2D eigenvalue weighted by Crippen LogP contribution is 2.32. The Morgan fingerprint density at radius 1 is 1.13 bits per heavy atom. The largest absolute Gasteiger partial charge is 0.300 e. The van der Waals surface area contributed by atoms with Crippen LogP contribution in [0.1, 0.15) is 73.6 Å². The van der Waals surface area contributed by atoms with Gasteiger partial charge in [0.25, 0.3) is 0 Å². The van der Waals surface area contributed by atoms with Crippen LogP contribution in [0.5, 0.6) is 0 Å². The number of benzene rings is 1. The first kappa shape index (κ1) is 29.0. The lowest BCUT2D eigenvalue weighted by Gasteiger charge is -2.15. The van der Waals surface area contributed by atoms with Crippen LogP contribution in [-0.2, 0) is 0 Å². The zero-order valence-electron chi connectivity index (χ0n) is 23.7. The monoisotopic (exact) mass is 524 g/mol. The van der Waals surface area contributed by atoms with Crippen molar-refractivity contribution in [1.82, 2.24) is 4.98 Å². The van der Waals surface area contributed by atoms with E-state index in [1.165, 1.54) is 36.0 Å². The van der Waals surface area contributed by atoms with Crippen LogP contribution in [-0.4, -0.2) is 17.0 Å². The molecule has 1 aromatic heterocycles. The normalized spacial score (nSPS) is 15.5. The van der Waals surface area contributed by atoms with Crippen molar-refractivity contribution in [2.45, 2.75) is 73.6 Å². The van der Waals surface area contributed by atoms with E-state index in [2.05, 4.69) is 74.0 Å². The molecule has 0 saturated heterocycles. The fourth-order valence-electron chi connectivity index (χ4n) is 3.92. The molecule has 0 bridgehead atoms. The number of rotatable bonds is 12. The third-order valence-corrected chi connectivity index (χ3v) is 7.04. The number of aliphatic imine (C=N–C) groups is 2. The summed E-state index contributed by atoms with van der Waals surface area (Å²) in [4.78, 5) is 15.9. The fourth-order valence-corrected chi connectivity index (χ4v) is 4.84. The number of hydrogen-bond acceptors (Lipinski definition) is 5. The average Bonchev–Trinajstić information content (AvgIpc) is 3.31. The summed E-state index contributed by atoms with van der Waals surface area (Å²) in [6.07, 6.45) is 24.7. The molecule has 0 amide bonds. The minimum absolute atomic E-state index is 0.761. The van der Waals surface area contributed by atoms with Crippen LogP contribution in [0.15, 0.2) is 105 Å². The highest BCUT2D eigenvalue weighted by Gasteiger charge is 2.08. The van der Waals surface area contributed by atoms with Gasteiger partial charge in [0.1, 0.15) is 6.34 Å². The lowest BCUT2D eigenvalue weighted by atomic mass is 10.0. The summed E-state index contributed by atoms with van der Waals surface area (Å²) in [6.45, 7) is 12.7. The smallest absolute Gasteiger partial charge is 0.210 e. The molecule has 0 unspecified atom stereocenters. The molecule has 0 atom stereocenters. The molecule has 3 rings (SSSR count). The standard InChI is InChI=1S/C33H40N4S/c1-7-9-11-17-29(26(4)16-13-12-15-25(3)14-10-8-2)22-28(6)35-33-36-31-19-18-30(23-32(31)38-33)37-21-20-27(5)34-24-37/h7,9,11,14,16-19,21-24H,8,10,12-13,15H2,1-6H3/b9-7?,17-11-,25-14?,26-16?,29-22+,35-28?. The first-order valence-corrected chi connectivity index (χ1v) is 14.3. The van der Waals surface area contributed by atoms with Gasteiger partial charge < -0.3 is 4.90 Å². The number of aromatic nitrogens is 1. The fraction of sp³-hybridized carbons (Fsp3) is 0.333. The molecular weight excluding hydrogens is 484 g/mol. The van der Waals surface area contributed by atoms with Crippen molar-refractivity contribution in [3.05, 3.63) is 95.1 Å². The molecule has 0 radical (unpaired) electrons. The maximum atomic E-state index is 4.84. The Morgan fingerprint density at radius 3 is 2.71 bits per heavy atom. The van der Waals surface area contributed by atoms with Crippen molar-refractivity contribution in [1.29, 1.82) is 0 Å². The lowest BCUT2D eigenvalue weighted by molar-refractivity contribution is 0.817. The van der Waals surface area contributed by atoms with E-state index < -0.39 is 0 Å². The molecule has 0 aliphatic carbocycles. The number of allylic oxidation sites excluding steroid dienone is 11. The number of fused-ring (bicyclic) bond motifs is 1. The third kappa shape index (κ3) is 9.09. The summed E-state index contributed by atoms with van der Waals surface area (Å²) in [5.41, 5.74) is 10.9. The summed E-state index contributed by atoms with van der Waals surface area (Å²) in [5.74, 6) is 0. The van der Waals surface area contributed by atoms with Gasteiger partial charge in [0.05, 0.1) is 22.1 Å². The van der Waals surface area contributed by atoms with E-state index in [0.29, 0.717) is 0 Å². The molecule has 2 heterocycles. The van der Waals surface area contributed by atoms with Gasteiger partial charge in [-0.25, -0.2) is 15.0 Å². The molecule has 198 valence electrons. The van der Waals surface area contributed by atoms with Crippen LogP contribution < -0.4 is 4.90 Å². The van der Waals surface area contributed by atoms with E-state index >= 15 is 0 Å². The predicted octanol–water partition coefficient (Wildman–Crippen LogP) is 10.2. The topological polar surface area (TPSA) is 40.9 Å². The van der Waals surface area contributed by atoms with E-state index in [-0.39, 0.29) is 0 Å². The number of hydrogen-bond donors (Lipinski definition) is 0. The van der Waals surface area contributed by atoms with Crippen molar-refractivity contribution < 1.29 is 0 Å². The number of nitrogens with zero attached hydrogens (tertiary/aromatic N) is 4. The SMILES string of the molecule is CC=C/C=C\C(=C/C(C)=Nc1nc2ccc(N3C=C=C(C)N=C3)cc2s1)C(C)=CCCCC(C)=CCCC. The van der Waals surface area contributed by atoms with Crippen molar-refractivity contribution >= 4 is 44.4 Å². The van der Waals surface area contributed by atoms with Gasteiger partial charge >= 0.3 is 0 Å². The van der Waals surface area contributed by atoms with Crippen molar-refractivity contribution in [3.8, 4) is 0 Å². The van der Waals surface area contributed by atoms with Gasteiger partial charge in [0.2, 0.25) is 5.13 Å². The van der Waals surface area contributed by atoms with Gasteiger partial charge in [-0.2, -0.15) is 0 Å². The lowest BCUT2D eigenvalue weighted by Crippen LogP contribution is -2.14. The van der Waals surface area contributed by atoms with E-state index in [1.807, 2.05) is 56.4 Å². The van der Waals surface area contributed by atoms with Crippen LogP contribution in [0.4, 0.5) is 10.8 Å². The van der Waals surface area contributed by atoms with Gasteiger partial charge in [0.15, 0.2) is 0 Å². The summed E-state index contributed by atoms with van der Waals surface area (Å²) >= 11 is 1.60. The van der Waals surface area contributed by atoms with Crippen LogP contribution >= 0.6 is 11.3 Å². The highest BCUT2D eigenvalue weighted by molar-refractivity contribution is 7.22. The Hall–Kier alpha value is -3.53. The van der Waals surface area contributed by atoms with Crippen molar-refractivity contribution in [2.24, 2.45) is 9.98 Å². The quantitative estimate of drug-likeness (QED) is 0.0911. The Kier molecular flexibility index (Phi) is 11.5. The van der Waals surface area contributed by atoms with E-state index in [0.717, 1.165) is 45.3 Å². The van der Waals surface area contributed by atoms with Crippen LogP contribution in [0.25, 0.3) is 10.2 Å². The predicted molar refractivity (Wildman–Crippen MR) is 169 cm³/mol. The van der Waals surface area contributed by atoms with Gasteiger partial charge in [-0.3, -0.25) is 0 Å². The second kappa shape index (κ2) is 15.0. The zero-order valence-corrected chi connectivity index (χ0v) is 24.5. The molecule has 1 aliphatic rings. The zero-order chi connectivity index (χ0) is 27.3. The Bertz CT molecular complexity index is 1390. The molecule has 1 aliphatic heterocycles. The molecule has 0 N–H and O–H groups in total. The molecule has 4 nitrogen and oxygen atoms in total. The van der Waals surface area contributed by atoms with E-state index in [1.54, 1.807) is 11.3 Å². The number of anilines is 1. The minimum atomic E-state index is 0.761. The number of unbranched alkanes of at least 4 members (excludes halogenated alkanes) is 2. The van der Waals surface area contributed by atoms with E-state index in [4.69, 9.17) is 9.98 Å². The molecular formula is C33H40N4S. The maximum absolute atomic E-state index is 4.84. The second-order valence-corrected chi connectivity index (χ2v) is 10.5. The van der Waals surface area contributed by atoms with Crippen LogP contribution in [0.2, 0.25) is 0 Å². The molecule has 0 spiro atoms. The Morgan fingerprint density at radius 2 is 1.97 bits per heavy atom. The van der Waals surface area contributed by atoms with Crippen molar-refractivity contribution in [3.63, 3.8) is 0 Å². The Labute approximate surface area is 232 Å². The van der Waals surface area contributed by atoms with E-state index in [9.17, 15) is 0 Å². The van der Waals surface area contributed by atoms with Gasteiger partial charge in [0, 0.05) is 11.4 Å². The van der Waals surface area contributed by atoms with Gasteiger partial charge in [-0.05, 0) is 95.7 Å². The molecule has 0 fully saturated rings. The van der Waals surface area contributed by atoms with Crippen LogP contribution in [0.3, 0.4) is 0 Å². The van der Waals surface area contributed by atoms with Crippen molar-refractivity contribution in [2.75, 3.05) is 4.90 Å². The Balaban J connectivity index is 1.77. The summed E-state index contributed by atoms with van der Waals surface area (Å²) in [5, 5.41) is 0.761. The first-order valence-electron chi connectivity index (χ1n) is 13.4. The average molecular weight is 525 g/mol. The molecule has 2 aromatic rings. The first-order chi connectivity index (χ1) is 18.4. The summed E-state index contributed by atoms with van der Waals surface area (Å²) in [6, 6.07) is 6.21. The minimum Gasteiger partial charge on any atom is -0.300 e. The molecule has 1 aromatic carbocycles. The second-order valence-electron chi connectivity index (χ2n) is 9.52. The third-order valence-electron chi connectivity index (χ3n) is 6.13. The highest BCUT2D eigenvalue weighted by atomic mass is 32.1. The van der Waals surface area contributed by atoms with Crippen LogP contribution in [0, 0.1) is 0 Å². The summed E-state index contributed by atoms with van der Waals surface area (Å²) < 4.78 is 1.10. The molecule has 0 saturated carbocycles. The molecule has 38 heavy (non-hydrogen) atoms. The van der Waals surface area contributed by atoms with Gasteiger partial charge in [-0.1, -0.05) is 72.4 Å². The van der Waals surface area contributed by atoms with Gasteiger partial charge in [-0.15, -0.1) is 0 Å². The summed E-state index contributed by atoms with van der Waals surface area (Å²) in [7, 11) is 0. The molecule has 5 heteroatoms.